The summed E-state index contributed by atoms with van der Waals surface area (Å²) >= 11 is 0. The lowest BCUT2D eigenvalue weighted by Gasteiger charge is -2.31. The van der Waals surface area contributed by atoms with Gasteiger partial charge in [-0.25, -0.2) is 0 Å². The number of halogens is 6. The molecule has 0 saturated heterocycles. The predicted octanol–water partition coefficient (Wildman–Crippen LogP) is 3.00. The molecule has 2 nitrogen and oxygen atoms in total. The van der Waals surface area contributed by atoms with Crippen molar-refractivity contribution in [3.63, 3.8) is 0 Å². The Labute approximate surface area is 95.5 Å². The molecule has 0 aliphatic rings. The van der Waals surface area contributed by atoms with Crippen LogP contribution in [0.2, 0.25) is 0 Å². The third-order valence-electron chi connectivity index (χ3n) is 2.67. The fourth-order valence-electron chi connectivity index (χ4n) is 1.54. The molecule has 0 aromatic carbocycles. The maximum absolute atomic E-state index is 12.4. The lowest BCUT2D eigenvalue weighted by molar-refractivity contribution is -0.292. The minimum Gasteiger partial charge on any atom is -0.271 e. The molecule has 0 radical (unpaired) electrons. The highest BCUT2D eigenvalue weighted by Crippen LogP contribution is 2.42. The molecule has 2 atom stereocenters. The molecule has 0 aliphatic heterocycles. The molecule has 0 aromatic heterocycles. The minimum absolute atomic E-state index is 0.275. The largest absolute Gasteiger partial charge is 0.402 e. The van der Waals surface area contributed by atoms with Crippen LogP contribution in [0.1, 0.15) is 26.7 Å². The number of alkyl halides is 6. The monoisotopic (exact) mass is 266 g/mol. The Morgan fingerprint density at radius 3 is 1.71 bits per heavy atom. The summed E-state index contributed by atoms with van der Waals surface area (Å²) in [6, 6.07) is -1.86. The smallest absolute Gasteiger partial charge is 0.271 e. The highest BCUT2D eigenvalue weighted by molar-refractivity contribution is 4.86. The Morgan fingerprint density at radius 1 is 1.06 bits per heavy atom. The van der Waals surface area contributed by atoms with Gasteiger partial charge in [0.05, 0.1) is 0 Å². The van der Waals surface area contributed by atoms with Crippen molar-refractivity contribution in [1.82, 2.24) is 5.43 Å². The van der Waals surface area contributed by atoms with Gasteiger partial charge in [0.25, 0.3) is 0 Å². The van der Waals surface area contributed by atoms with Crippen molar-refractivity contribution in [1.29, 1.82) is 0 Å². The molecule has 3 N–H and O–H groups in total. The molecule has 0 amide bonds. The second-order valence-corrected chi connectivity index (χ2v) is 4.08. The van der Waals surface area contributed by atoms with Gasteiger partial charge in [-0.1, -0.05) is 20.3 Å². The first kappa shape index (κ1) is 16.5. The van der Waals surface area contributed by atoms with E-state index in [0.717, 1.165) is 0 Å². The molecular formula is C9H16F6N2. The van der Waals surface area contributed by atoms with E-state index in [9.17, 15) is 26.3 Å². The van der Waals surface area contributed by atoms with Crippen molar-refractivity contribution < 1.29 is 26.3 Å². The van der Waals surface area contributed by atoms with Crippen LogP contribution in [0, 0.1) is 11.8 Å². The van der Waals surface area contributed by atoms with Gasteiger partial charge >= 0.3 is 12.4 Å². The SMILES string of the molecule is CCC(C)CC(NN)C(C(F)(F)F)C(F)(F)F. The molecule has 8 heteroatoms. The second-order valence-electron chi connectivity index (χ2n) is 4.08. The fraction of sp³-hybridized carbons (Fsp3) is 1.00. The molecule has 0 heterocycles. The average molecular weight is 266 g/mol. The van der Waals surface area contributed by atoms with E-state index in [1.165, 1.54) is 0 Å². The molecule has 2 unspecified atom stereocenters. The van der Waals surface area contributed by atoms with Crippen LogP contribution in [0.5, 0.6) is 0 Å². The molecule has 17 heavy (non-hydrogen) atoms. The first-order chi connectivity index (χ1) is 7.54. The molecule has 0 rings (SSSR count). The maximum Gasteiger partial charge on any atom is 0.402 e. The molecule has 104 valence electrons. The zero-order chi connectivity index (χ0) is 13.9. The molecule has 0 spiro atoms. The van der Waals surface area contributed by atoms with Gasteiger partial charge < -0.3 is 0 Å². The van der Waals surface area contributed by atoms with Gasteiger partial charge in [-0.2, -0.15) is 26.3 Å². The Hall–Kier alpha value is -0.500. The van der Waals surface area contributed by atoms with Gasteiger partial charge in [-0.3, -0.25) is 11.3 Å². The summed E-state index contributed by atoms with van der Waals surface area (Å²) in [4.78, 5) is 0. The van der Waals surface area contributed by atoms with Gasteiger partial charge in [0.15, 0.2) is 5.92 Å². The Morgan fingerprint density at radius 2 is 1.47 bits per heavy atom. The minimum atomic E-state index is -5.36. The molecule has 0 fully saturated rings. The van der Waals surface area contributed by atoms with Gasteiger partial charge in [0.1, 0.15) is 0 Å². The number of nitrogens with one attached hydrogen (secondary N) is 1. The van der Waals surface area contributed by atoms with Crippen molar-refractivity contribution in [2.24, 2.45) is 17.7 Å². The van der Waals surface area contributed by atoms with Crippen LogP contribution >= 0.6 is 0 Å². The third kappa shape index (κ3) is 5.12. The van der Waals surface area contributed by atoms with Gasteiger partial charge in [-0.05, 0) is 12.3 Å². The van der Waals surface area contributed by atoms with Crippen LogP contribution in [0.15, 0.2) is 0 Å². The predicted molar refractivity (Wildman–Crippen MR) is 50.8 cm³/mol. The van der Waals surface area contributed by atoms with Gasteiger partial charge in [0.2, 0.25) is 0 Å². The first-order valence-corrected chi connectivity index (χ1v) is 5.13. The van der Waals surface area contributed by atoms with E-state index in [-0.39, 0.29) is 12.3 Å². The van der Waals surface area contributed by atoms with E-state index in [1.807, 2.05) is 0 Å². The summed E-state index contributed by atoms with van der Waals surface area (Å²) in [5, 5.41) is 0. The van der Waals surface area contributed by atoms with Gasteiger partial charge in [-0.15, -0.1) is 0 Å². The zero-order valence-electron chi connectivity index (χ0n) is 9.49. The van der Waals surface area contributed by atoms with Crippen LogP contribution in [0.3, 0.4) is 0 Å². The maximum atomic E-state index is 12.4. The van der Waals surface area contributed by atoms with Crippen molar-refractivity contribution in [2.45, 2.75) is 45.1 Å². The molecule has 0 aromatic rings. The topological polar surface area (TPSA) is 38.0 Å². The van der Waals surface area contributed by atoms with Gasteiger partial charge in [0, 0.05) is 6.04 Å². The van der Waals surface area contributed by atoms with E-state index < -0.39 is 24.3 Å². The quantitative estimate of drug-likeness (QED) is 0.456. The lowest BCUT2D eigenvalue weighted by atomic mass is 9.89. The number of hydrazine groups is 1. The lowest BCUT2D eigenvalue weighted by Crippen LogP contribution is -2.53. The van der Waals surface area contributed by atoms with E-state index >= 15 is 0 Å². The van der Waals surface area contributed by atoms with Crippen LogP contribution in [-0.2, 0) is 0 Å². The van der Waals surface area contributed by atoms with Crippen LogP contribution < -0.4 is 11.3 Å². The zero-order valence-corrected chi connectivity index (χ0v) is 9.49. The van der Waals surface area contributed by atoms with E-state index in [1.54, 1.807) is 19.3 Å². The Balaban J connectivity index is 5.01. The van der Waals surface area contributed by atoms with Crippen molar-refractivity contribution in [2.75, 3.05) is 0 Å². The summed E-state index contributed by atoms with van der Waals surface area (Å²) in [5.41, 5.74) is 1.64. The summed E-state index contributed by atoms with van der Waals surface area (Å²) < 4.78 is 74.4. The average Bonchev–Trinajstić information content (AvgIpc) is 2.11. The highest BCUT2D eigenvalue weighted by Gasteiger charge is 2.60. The Bertz CT molecular complexity index is 211. The summed E-state index contributed by atoms with van der Waals surface area (Å²) in [6.45, 7) is 3.27. The van der Waals surface area contributed by atoms with E-state index in [0.29, 0.717) is 6.42 Å². The van der Waals surface area contributed by atoms with E-state index in [2.05, 4.69) is 0 Å². The molecule has 0 aliphatic carbocycles. The molecule has 0 saturated carbocycles. The van der Waals surface area contributed by atoms with Crippen molar-refractivity contribution in [3.05, 3.63) is 0 Å². The van der Waals surface area contributed by atoms with Crippen molar-refractivity contribution in [3.8, 4) is 0 Å². The number of nitrogens with two attached hydrogens (primary N) is 1. The number of rotatable bonds is 5. The normalized spacial score (nSPS) is 17.3. The van der Waals surface area contributed by atoms with Crippen LogP contribution in [0.4, 0.5) is 26.3 Å². The van der Waals surface area contributed by atoms with Crippen LogP contribution in [-0.4, -0.2) is 18.4 Å². The summed E-state index contributed by atoms with van der Waals surface area (Å²) in [7, 11) is 0. The van der Waals surface area contributed by atoms with E-state index in [4.69, 9.17) is 5.84 Å². The first-order valence-electron chi connectivity index (χ1n) is 5.13. The second kappa shape index (κ2) is 5.90. The third-order valence-corrected chi connectivity index (χ3v) is 2.67. The summed E-state index contributed by atoms with van der Waals surface area (Å²) in [6.07, 6.45) is -10.5. The molecule has 0 bridgehead atoms. The molecular weight excluding hydrogens is 250 g/mol. The standard InChI is InChI=1S/C9H16F6N2/c1-3-5(2)4-6(17-16)7(8(10,11)12)9(13,14)15/h5-7,17H,3-4,16H2,1-2H3. The highest BCUT2D eigenvalue weighted by atomic mass is 19.4. The fourth-order valence-corrected chi connectivity index (χ4v) is 1.54. The number of hydrogen-bond donors (Lipinski definition) is 2. The van der Waals surface area contributed by atoms with Crippen molar-refractivity contribution >= 4 is 0 Å². The Kier molecular flexibility index (Phi) is 5.73. The van der Waals surface area contributed by atoms with Crippen LogP contribution in [0.25, 0.3) is 0 Å². The number of hydrogen-bond acceptors (Lipinski definition) is 2. The summed E-state index contributed by atoms with van der Waals surface area (Å²) in [5.74, 6) is 1.11.